The van der Waals surface area contributed by atoms with Gasteiger partial charge in [0.2, 0.25) is 5.76 Å². The number of likely N-dealkylation sites (tertiary alicyclic amines) is 1. The van der Waals surface area contributed by atoms with Crippen molar-refractivity contribution in [3.05, 3.63) is 33.6 Å². The molecule has 1 aliphatic heterocycles. The third-order valence-corrected chi connectivity index (χ3v) is 4.88. The van der Waals surface area contributed by atoms with E-state index in [0.717, 1.165) is 48.7 Å². The van der Waals surface area contributed by atoms with Gasteiger partial charge in [-0.1, -0.05) is 12.1 Å². The minimum absolute atomic E-state index is 0.0624. The second-order valence-corrected chi connectivity index (χ2v) is 6.34. The van der Waals surface area contributed by atoms with Crippen LogP contribution in [0.5, 0.6) is 0 Å². The zero-order valence-electron chi connectivity index (χ0n) is 12.3. The van der Waals surface area contributed by atoms with E-state index in [1.165, 1.54) is 0 Å². The van der Waals surface area contributed by atoms with Crippen molar-refractivity contribution in [1.29, 1.82) is 0 Å². The van der Waals surface area contributed by atoms with Gasteiger partial charge in [-0.15, -0.1) is 11.3 Å². The molecule has 3 rings (SSSR count). The van der Waals surface area contributed by atoms with Crippen molar-refractivity contribution in [1.82, 2.24) is 15.0 Å². The quantitative estimate of drug-likeness (QED) is 0.874. The van der Waals surface area contributed by atoms with Gasteiger partial charge in [0.15, 0.2) is 0 Å². The number of hydrogen-bond donors (Lipinski definition) is 0. The largest absolute Gasteiger partial charge is 0.351 e. The first-order valence-corrected chi connectivity index (χ1v) is 8.22. The van der Waals surface area contributed by atoms with E-state index < -0.39 is 0 Å². The molecule has 0 radical (unpaired) electrons. The van der Waals surface area contributed by atoms with Gasteiger partial charge >= 0.3 is 0 Å². The Labute approximate surface area is 128 Å². The van der Waals surface area contributed by atoms with E-state index in [1.54, 1.807) is 17.4 Å². The number of thiazole rings is 1. The Hall–Kier alpha value is -1.69. The van der Waals surface area contributed by atoms with Crippen molar-refractivity contribution in [2.45, 2.75) is 39.0 Å². The van der Waals surface area contributed by atoms with E-state index in [9.17, 15) is 4.79 Å². The lowest BCUT2D eigenvalue weighted by Crippen LogP contribution is -2.39. The van der Waals surface area contributed by atoms with Gasteiger partial charge in [0, 0.05) is 30.5 Å². The molecule has 0 spiro atoms. The highest BCUT2D eigenvalue weighted by molar-refractivity contribution is 7.09. The summed E-state index contributed by atoms with van der Waals surface area (Å²) in [5.41, 5.74) is 1.88. The summed E-state index contributed by atoms with van der Waals surface area (Å²) in [5.74, 6) is 0.617. The predicted molar refractivity (Wildman–Crippen MR) is 80.6 cm³/mol. The summed E-state index contributed by atoms with van der Waals surface area (Å²) in [6, 6.07) is 1.70. The van der Waals surface area contributed by atoms with E-state index in [-0.39, 0.29) is 5.91 Å². The molecular weight excluding hydrogens is 286 g/mol. The number of hydrogen-bond acceptors (Lipinski definition) is 5. The van der Waals surface area contributed by atoms with E-state index in [1.807, 2.05) is 11.8 Å². The normalized spacial score (nSPS) is 19.0. The first-order valence-electron chi connectivity index (χ1n) is 7.34. The smallest absolute Gasteiger partial charge is 0.292 e. The molecule has 6 heteroatoms. The van der Waals surface area contributed by atoms with Crippen LogP contribution >= 0.6 is 11.3 Å². The summed E-state index contributed by atoms with van der Waals surface area (Å²) >= 11 is 1.71. The number of aromatic nitrogens is 2. The van der Waals surface area contributed by atoms with E-state index in [2.05, 4.69) is 22.4 Å². The molecule has 1 saturated heterocycles. The average molecular weight is 305 g/mol. The molecule has 3 heterocycles. The van der Waals surface area contributed by atoms with Gasteiger partial charge in [0.25, 0.3) is 5.91 Å². The molecule has 2 aromatic rings. The van der Waals surface area contributed by atoms with Crippen LogP contribution in [0.15, 0.2) is 16.0 Å². The zero-order valence-corrected chi connectivity index (χ0v) is 13.2. The van der Waals surface area contributed by atoms with Gasteiger partial charge in [-0.3, -0.25) is 4.79 Å². The topological polar surface area (TPSA) is 59.2 Å². The van der Waals surface area contributed by atoms with Crippen LogP contribution in [-0.2, 0) is 6.42 Å². The lowest BCUT2D eigenvalue weighted by atomic mass is 9.98. The molecule has 1 amide bonds. The fraction of sp³-hybridized carbons (Fsp3) is 0.533. The zero-order chi connectivity index (χ0) is 14.8. The number of carbonyl (C=O) groups excluding carboxylic acids is 1. The number of carbonyl (C=O) groups is 1. The lowest BCUT2D eigenvalue weighted by molar-refractivity contribution is 0.0665. The number of aryl methyl sites for hydroxylation is 2. The number of nitrogens with zero attached hydrogens (tertiary/aromatic N) is 3. The van der Waals surface area contributed by atoms with E-state index in [4.69, 9.17) is 4.52 Å². The van der Waals surface area contributed by atoms with Gasteiger partial charge in [-0.25, -0.2) is 4.98 Å². The molecule has 0 unspecified atom stereocenters. The van der Waals surface area contributed by atoms with Crippen LogP contribution < -0.4 is 0 Å². The minimum Gasteiger partial charge on any atom is -0.351 e. The Balaban J connectivity index is 1.72. The monoisotopic (exact) mass is 305 g/mol. The average Bonchev–Trinajstić information content (AvgIpc) is 3.15. The summed E-state index contributed by atoms with van der Waals surface area (Å²) in [7, 11) is 0. The second kappa shape index (κ2) is 5.97. The number of piperidine rings is 1. The molecule has 1 atom stereocenters. The summed E-state index contributed by atoms with van der Waals surface area (Å²) in [6.07, 6.45) is 3.06. The van der Waals surface area contributed by atoms with Crippen LogP contribution in [0.3, 0.4) is 0 Å². The lowest BCUT2D eigenvalue weighted by Gasteiger charge is -2.31. The fourth-order valence-corrected chi connectivity index (χ4v) is 3.69. The Morgan fingerprint density at radius 1 is 1.57 bits per heavy atom. The maximum absolute atomic E-state index is 12.4. The molecule has 0 N–H and O–H groups in total. The standard InChI is InChI=1S/C15H19N3O2S/c1-3-12-9-21-14(16-12)11-5-4-6-18(8-11)15(19)13-7-10(2)17-20-13/h7,9,11H,3-6,8H2,1-2H3/t11-/m1/s1. The molecule has 0 aliphatic carbocycles. The highest BCUT2D eigenvalue weighted by atomic mass is 32.1. The van der Waals surface area contributed by atoms with Crippen LogP contribution in [0.25, 0.3) is 0 Å². The molecule has 2 aromatic heterocycles. The molecular formula is C15H19N3O2S. The van der Waals surface area contributed by atoms with Crippen molar-refractivity contribution in [3.63, 3.8) is 0 Å². The summed E-state index contributed by atoms with van der Waals surface area (Å²) in [4.78, 5) is 19.0. The molecule has 1 aliphatic rings. The molecule has 1 fully saturated rings. The maximum atomic E-state index is 12.4. The maximum Gasteiger partial charge on any atom is 0.292 e. The minimum atomic E-state index is -0.0624. The Morgan fingerprint density at radius 2 is 2.43 bits per heavy atom. The van der Waals surface area contributed by atoms with Crippen molar-refractivity contribution < 1.29 is 9.32 Å². The number of rotatable bonds is 3. The second-order valence-electron chi connectivity index (χ2n) is 5.45. The van der Waals surface area contributed by atoms with Gasteiger partial charge in [0.1, 0.15) is 0 Å². The molecule has 0 aromatic carbocycles. The first-order chi connectivity index (χ1) is 10.2. The Kier molecular flexibility index (Phi) is 4.05. The van der Waals surface area contributed by atoms with Crippen LogP contribution in [0.1, 0.15) is 52.6 Å². The van der Waals surface area contributed by atoms with Crippen LogP contribution in [0.2, 0.25) is 0 Å². The molecule has 5 nitrogen and oxygen atoms in total. The van der Waals surface area contributed by atoms with Crippen LogP contribution in [-0.4, -0.2) is 34.0 Å². The van der Waals surface area contributed by atoms with Gasteiger partial charge < -0.3 is 9.42 Å². The first kappa shape index (κ1) is 14.3. The van der Waals surface area contributed by atoms with Crippen molar-refractivity contribution >= 4 is 17.2 Å². The van der Waals surface area contributed by atoms with Crippen LogP contribution in [0.4, 0.5) is 0 Å². The van der Waals surface area contributed by atoms with Gasteiger partial charge in [-0.2, -0.15) is 0 Å². The molecule has 112 valence electrons. The van der Waals surface area contributed by atoms with Gasteiger partial charge in [-0.05, 0) is 26.2 Å². The summed E-state index contributed by atoms with van der Waals surface area (Å²) in [6.45, 7) is 5.43. The fourth-order valence-electron chi connectivity index (χ4n) is 2.66. The summed E-state index contributed by atoms with van der Waals surface area (Å²) in [5, 5.41) is 7.06. The molecule has 0 saturated carbocycles. The number of amides is 1. The third kappa shape index (κ3) is 3.00. The van der Waals surface area contributed by atoms with Crippen LogP contribution in [0, 0.1) is 6.92 Å². The third-order valence-electron chi connectivity index (χ3n) is 3.83. The molecule has 0 bridgehead atoms. The molecule has 21 heavy (non-hydrogen) atoms. The van der Waals surface area contributed by atoms with E-state index in [0.29, 0.717) is 11.7 Å². The Bertz CT molecular complexity index is 634. The van der Waals surface area contributed by atoms with Crippen molar-refractivity contribution in [2.24, 2.45) is 0 Å². The van der Waals surface area contributed by atoms with E-state index >= 15 is 0 Å². The van der Waals surface area contributed by atoms with Gasteiger partial charge in [0.05, 0.1) is 16.4 Å². The highest BCUT2D eigenvalue weighted by Crippen LogP contribution is 2.30. The van der Waals surface area contributed by atoms with Crippen molar-refractivity contribution in [3.8, 4) is 0 Å². The predicted octanol–water partition coefficient (Wildman–Crippen LogP) is 3.02. The SMILES string of the molecule is CCc1csc([C@@H]2CCCN(C(=O)c3cc(C)no3)C2)n1. The summed E-state index contributed by atoms with van der Waals surface area (Å²) < 4.78 is 5.09. The highest BCUT2D eigenvalue weighted by Gasteiger charge is 2.28. The Morgan fingerprint density at radius 3 is 3.10 bits per heavy atom. The van der Waals surface area contributed by atoms with Crippen molar-refractivity contribution in [2.75, 3.05) is 13.1 Å².